The summed E-state index contributed by atoms with van der Waals surface area (Å²) < 4.78 is 33.2. The Morgan fingerprint density at radius 2 is 2.15 bits per heavy atom. The van der Waals surface area contributed by atoms with E-state index in [1.54, 1.807) is 0 Å². The van der Waals surface area contributed by atoms with Crippen molar-refractivity contribution in [2.75, 3.05) is 19.8 Å². The van der Waals surface area contributed by atoms with Crippen LogP contribution < -0.4 is 10.1 Å². The summed E-state index contributed by atoms with van der Waals surface area (Å²) in [4.78, 5) is 11.8. The third kappa shape index (κ3) is 3.88. The number of carbonyl (C=O) groups excluding carboxylic acids is 1. The fourth-order valence-corrected chi connectivity index (χ4v) is 1.87. The molecule has 0 aromatic heterocycles. The van der Waals surface area contributed by atoms with Crippen molar-refractivity contribution in [2.24, 2.45) is 0 Å². The van der Waals surface area contributed by atoms with Crippen LogP contribution in [0, 0.1) is 0 Å². The lowest BCUT2D eigenvalue weighted by Gasteiger charge is -2.20. The molecule has 1 aliphatic heterocycles. The molecule has 7 heteroatoms. The minimum atomic E-state index is -2.90. The normalized spacial score (nSPS) is 22.0. The van der Waals surface area contributed by atoms with Gasteiger partial charge in [0.25, 0.3) is 5.91 Å². The van der Waals surface area contributed by atoms with Gasteiger partial charge < -0.3 is 19.9 Å². The number of halogens is 2. The predicted molar refractivity (Wildman–Crippen MR) is 65.8 cm³/mol. The average molecular weight is 287 g/mol. The highest BCUT2D eigenvalue weighted by molar-refractivity contribution is 5.94. The number of benzene rings is 1. The van der Waals surface area contributed by atoms with Gasteiger partial charge in [-0.15, -0.1) is 0 Å². The Hall–Kier alpha value is -1.73. The van der Waals surface area contributed by atoms with Gasteiger partial charge in [0.2, 0.25) is 0 Å². The Bertz CT molecular complexity index is 458. The molecule has 1 unspecified atom stereocenters. The van der Waals surface area contributed by atoms with Gasteiger partial charge in [0, 0.05) is 25.1 Å². The second-order valence-electron chi connectivity index (χ2n) is 4.61. The highest BCUT2D eigenvalue weighted by atomic mass is 19.3. The van der Waals surface area contributed by atoms with E-state index in [9.17, 15) is 18.7 Å². The number of carbonyl (C=O) groups is 1. The monoisotopic (exact) mass is 287 g/mol. The van der Waals surface area contributed by atoms with Gasteiger partial charge in [0.05, 0.1) is 6.61 Å². The van der Waals surface area contributed by atoms with Gasteiger partial charge in [-0.2, -0.15) is 8.78 Å². The van der Waals surface area contributed by atoms with Crippen molar-refractivity contribution in [1.29, 1.82) is 0 Å². The highest BCUT2D eigenvalue weighted by Crippen LogP contribution is 2.18. The van der Waals surface area contributed by atoms with Gasteiger partial charge in [-0.1, -0.05) is 0 Å². The molecule has 1 saturated heterocycles. The number of alkyl halides is 2. The van der Waals surface area contributed by atoms with Crippen molar-refractivity contribution in [3.8, 4) is 5.75 Å². The summed E-state index contributed by atoms with van der Waals surface area (Å²) in [6.45, 7) is -2.16. The van der Waals surface area contributed by atoms with E-state index in [1.807, 2.05) is 0 Å². The second kappa shape index (κ2) is 6.15. The summed E-state index contributed by atoms with van der Waals surface area (Å²) in [7, 11) is 0. The Morgan fingerprint density at radius 3 is 2.70 bits per heavy atom. The topological polar surface area (TPSA) is 67.8 Å². The van der Waals surface area contributed by atoms with Crippen LogP contribution in [0.1, 0.15) is 16.8 Å². The summed E-state index contributed by atoms with van der Waals surface area (Å²) in [6.07, 6.45) is 0.467. The first-order valence-electron chi connectivity index (χ1n) is 6.12. The third-order valence-electron chi connectivity index (χ3n) is 3.00. The number of hydrogen-bond acceptors (Lipinski definition) is 4. The first kappa shape index (κ1) is 14.7. The minimum Gasteiger partial charge on any atom is -0.435 e. The van der Waals surface area contributed by atoms with Crippen molar-refractivity contribution in [1.82, 2.24) is 5.32 Å². The Kier molecular flexibility index (Phi) is 4.51. The summed E-state index contributed by atoms with van der Waals surface area (Å²) in [5.41, 5.74) is -0.733. The molecule has 0 bridgehead atoms. The van der Waals surface area contributed by atoms with E-state index < -0.39 is 18.1 Å². The quantitative estimate of drug-likeness (QED) is 0.853. The SMILES string of the molecule is O=C(NCC1(O)CCOC1)c1ccc(OC(F)F)cc1. The predicted octanol–water partition coefficient (Wildman–Crippen LogP) is 1.17. The van der Waals surface area contributed by atoms with E-state index in [0.29, 0.717) is 18.6 Å². The summed E-state index contributed by atoms with van der Waals surface area (Å²) >= 11 is 0. The van der Waals surface area contributed by atoms with Crippen molar-refractivity contribution in [3.05, 3.63) is 29.8 Å². The molecule has 110 valence electrons. The molecule has 1 aromatic rings. The first-order chi connectivity index (χ1) is 9.48. The molecule has 1 atom stereocenters. The maximum atomic E-state index is 12.0. The van der Waals surface area contributed by atoms with Crippen LogP contribution in [0.5, 0.6) is 5.75 Å². The van der Waals surface area contributed by atoms with Crippen molar-refractivity contribution < 1.29 is 28.2 Å². The van der Waals surface area contributed by atoms with Gasteiger partial charge >= 0.3 is 6.61 Å². The standard InChI is InChI=1S/C13H15F2NO4/c14-12(15)20-10-3-1-9(2-4-10)11(17)16-7-13(18)5-6-19-8-13/h1-4,12,18H,5-8H2,(H,16,17). The van der Waals surface area contributed by atoms with Gasteiger partial charge in [-0.25, -0.2) is 0 Å². The van der Waals surface area contributed by atoms with Gasteiger partial charge in [-0.3, -0.25) is 4.79 Å². The van der Waals surface area contributed by atoms with Crippen LogP contribution >= 0.6 is 0 Å². The van der Waals surface area contributed by atoms with Crippen LogP contribution in [-0.2, 0) is 4.74 Å². The molecule has 1 aliphatic rings. The summed E-state index contributed by atoms with van der Waals surface area (Å²) in [5, 5.41) is 12.6. The molecule has 0 saturated carbocycles. The van der Waals surface area contributed by atoms with Crippen molar-refractivity contribution in [2.45, 2.75) is 18.6 Å². The van der Waals surface area contributed by atoms with Gasteiger partial charge in [-0.05, 0) is 24.3 Å². The number of ether oxygens (including phenoxy) is 2. The molecule has 1 heterocycles. The van der Waals surface area contributed by atoms with Crippen molar-refractivity contribution >= 4 is 5.91 Å². The smallest absolute Gasteiger partial charge is 0.387 e. The van der Waals surface area contributed by atoms with Crippen molar-refractivity contribution in [3.63, 3.8) is 0 Å². The maximum Gasteiger partial charge on any atom is 0.387 e. The van der Waals surface area contributed by atoms with E-state index in [1.165, 1.54) is 24.3 Å². The maximum absolute atomic E-state index is 12.0. The average Bonchev–Trinajstić information content (AvgIpc) is 2.84. The molecule has 0 spiro atoms. The number of hydrogen-bond donors (Lipinski definition) is 2. The molecule has 5 nitrogen and oxygen atoms in total. The van der Waals surface area contributed by atoms with E-state index in [4.69, 9.17) is 4.74 Å². The number of aliphatic hydroxyl groups is 1. The number of rotatable bonds is 5. The summed E-state index contributed by atoms with van der Waals surface area (Å²) in [6, 6.07) is 5.33. The first-order valence-corrected chi connectivity index (χ1v) is 6.12. The Labute approximate surface area is 114 Å². The number of nitrogens with one attached hydrogen (secondary N) is 1. The van der Waals surface area contributed by atoms with Crippen LogP contribution in [-0.4, -0.2) is 43.0 Å². The van der Waals surface area contributed by atoms with Crippen LogP contribution in [0.15, 0.2) is 24.3 Å². The van der Waals surface area contributed by atoms with Crippen LogP contribution in [0.4, 0.5) is 8.78 Å². The molecule has 20 heavy (non-hydrogen) atoms. The third-order valence-corrected chi connectivity index (χ3v) is 3.00. The van der Waals surface area contributed by atoms with Gasteiger partial charge in [0.15, 0.2) is 0 Å². The molecule has 1 aromatic carbocycles. The second-order valence-corrected chi connectivity index (χ2v) is 4.61. The molecule has 0 aliphatic carbocycles. The molecule has 1 amide bonds. The lowest BCUT2D eigenvalue weighted by atomic mass is 10.0. The molecule has 1 fully saturated rings. The van der Waals surface area contributed by atoms with Crippen LogP contribution in [0.3, 0.4) is 0 Å². The zero-order chi connectivity index (χ0) is 14.6. The fraction of sp³-hybridized carbons (Fsp3) is 0.462. The molecule has 2 N–H and O–H groups in total. The fourth-order valence-electron chi connectivity index (χ4n) is 1.87. The van der Waals surface area contributed by atoms with Crippen LogP contribution in [0.2, 0.25) is 0 Å². The zero-order valence-corrected chi connectivity index (χ0v) is 10.6. The molecule has 2 rings (SSSR count). The van der Waals surface area contributed by atoms with Gasteiger partial charge in [0.1, 0.15) is 11.4 Å². The summed E-state index contributed by atoms with van der Waals surface area (Å²) in [5.74, 6) is -0.409. The lowest BCUT2D eigenvalue weighted by molar-refractivity contribution is -0.0498. The Morgan fingerprint density at radius 1 is 1.45 bits per heavy atom. The van der Waals surface area contributed by atoms with E-state index in [-0.39, 0.29) is 18.9 Å². The number of amides is 1. The van der Waals surface area contributed by atoms with E-state index >= 15 is 0 Å². The molecular formula is C13H15F2NO4. The largest absolute Gasteiger partial charge is 0.435 e. The minimum absolute atomic E-state index is 0.0145. The lowest BCUT2D eigenvalue weighted by Crippen LogP contribution is -2.43. The van der Waals surface area contributed by atoms with E-state index in [0.717, 1.165) is 0 Å². The Balaban J connectivity index is 1.89. The van der Waals surface area contributed by atoms with E-state index in [2.05, 4.69) is 10.1 Å². The molecular weight excluding hydrogens is 272 g/mol. The van der Waals surface area contributed by atoms with Crippen LogP contribution in [0.25, 0.3) is 0 Å². The highest BCUT2D eigenvalue weighted by Gasteiger charge is 2.32. The zero-order valence-electron chi connectivity index (χ0n) is 10.6. The molecule has 0 radical (unpaired) electrons.